The number of halogens is 2. The van der Waals surface area contributed by atoms with Crippen LogP contribution in [0.4, 0.5) is 0 Å². The molecule has 0 saturated carbocycles. The summed E-state index contributed by atoms with van der Waals surface area (Å²) in [7, 11) is 0. The molecule has 0 aliphatic rings. The number of benzene rings is 1. The molecule has 4 heteroatoms. The minimum atomic E-state index is 0.114. The zero-order valence-corrected chi connectivity index (χ0v) is 11.8. The lowest BCUT2D eigenvalue weighted by Gasteiger charge is -2.16. The summed E-state index contributed by atoms with van der Waals surface area (Å²) < 4.78 is 1.04. The van der Waals surface area contributed by atoms with Crippen LogP contribution in [-0.4, -0.2) is 0 Å². The fourth-order valence-electron chi connectivity index (χ4n) is 1.48. The molecule has 0 bridgehead atoms. The van der Waals surface area contributed by atoms with Crippen LogP contribution in [0.25, 0.3) is 0 Å². The maximum absolute atomic E-state index is 6.07. The normalized spacial score (nSPS) is 12.1. The number of nitrogens with two attached hydrogens (primary N) is 1. The standard InChI is InChI=1S/C12H14ClIN2/c1-2-3-4-5-12(16-15)9-6-7-11(14)10(13)8-9/h1,6-8,12,16H,3-5,15H2. The summed E-state index contributed by atoms with van der Waals surface area (Å²) >= 11 is 8.27. The molecule has 0 aromatic heterocycles. The molecule has 0 aliphatic carbocycles. The lowest BCUT2D eigenvalue weighted by atomic mass is 10.0. The van der Waals surface area contributed by atoms with Gasteiger partial charge in [-0.2, -0.15) is 0 Å². The highest BCUT2D eigenvalue weighted by Crippen LogP contribution is 2.25. The highest BCUT2D eigenvalue weighted by molar-refractivity contribution is 14.1. The van der Waals surface area contributed by atoms with Gasteiger partial charge in [0.1, 0.15) is 0 Å². The lowest BCUT2D eigenvalue weighted by molar-refractivity contribution is 0.502. The first-order valence-corrected chi connectivity index (χ1v) is 6.49. The van der Waals surface area contributed by atoms with Crippen molar-refractivity contribution in [2.75, 3.05) is 0 Å². The monoisotopic (exact) mass is 348 g/mol. The van der Waals surface area contributed by atoms with E-state index >= 15 is 0 Å². The molecule has 0 saturated heterocycles. The maximum Gasteiger partial charge on any atom is 0.0542 e. The molecule has 1 rings (SSSR count). The quantitative estimate of drug-likeness (QED) is 0.282. The minimum Gasteiger partial charge on any atom is -0.271 e. The molecule has 0 radical (unpaired) electrons. The van der Waals surface area contributed by atoms with Crippen LogP contribution in [0.5, 0.6) is 0 Å². The van der Waals surface area contributed by atoms with Gasteiger partial charge in [-0.3, -0.25) is 11.3 Å². The van der Waals surface area contributed by atoms with Crippen molar-refractivity contribution in [1.29, 1.82) is 0 Å². The van der Waals surface area contributed by atoms with E-state index in [1.807, 2.05) is 18.2 Å². The second-order valence-corrected chi connectivity index (χ2v) is 5.06. The SMILES string of the molecule is C#CCCCC(NN)c1ccc(I)c(Cl)c1. The van der Waals surface area contributed by atoms with Crippen molar-refractivity contribution in [1.82, 2.24) is 5.43 Å². The molecule has 0 aliphatic heterocycles. The summed E-state index contributed by atoms with van der Waals surface area (Å²) in [6, 6.07) is 6.09. The van der Waals surface area contributed by atoms with Crippen molar-refractivity contribution in [2.24, 2.45) is 5.84 Å². The highest BCUT2D eigenvalue weighted by Gasteiger charge is 2.10. The van der Waals surface area contributed by atoms with Crippen LogP contribution in [0.1, 0.15) is 30.9 Å². The third-order valence-electron chi connectivity index (χ3n) is 2.36. The van der Waals surface area contributed by atoms with Crippen LogP contribution < -0.4 is 11.3 Å². The molecule has 1 atom stereocenters. The van der Waals surface area contributed by atoms with Crippen LogP contribution in [0, 0.1) is 15.9 Å². The van der Waals surface area contributed by atoms with E-state index in [4.69, 9.17) is 23.9 Å². The van der Waals surface area contributed by atoms with Gasteiger partial charge in [-0.15, -0.1) is 12.3 Å². The number of hydrogen-bond acceptors (Lipinski definition) is 2. The van der Waals surface area contributed by atoms with E-state index in [1.54, 1.807) is 0 Å². The molecule has 0 heterocycles. The molecule has 0 fully saturated rings. The van der Waals surface area contributed by atoms with Crippen molar-refractivity contribution < 1.29 is 0 Å². The number of hydrazine groups is 1. The summed E-state index contributed by atoms with van der Waals surface area (Å²) in [5.41, 5.74) is 3.90. The van der Waals surface area contributed by atoms with Gasteiger partial charge in [-0.1, -0.05) is 17.7 Å². The first kappa shape index (κ1) is 13.8. The summed E-state index contributed by atoms with van der Waals surface area (Å²) in [6.45, 7) is 0. The molecule has 16 heavy (non-hydrogen) atoms. The number of rotatable bonds is 5. The zero-order valence-electron chi connectivity index (χ0n) is 8.84. The predicted octanol–water partition coefficient (Wildman–Crippen LogP) is 3.25. The minimum absolute atomic E-state index is 0.114. The molecule has 1 unspecified atom stereocenters. The molecule has 2 nitrogen and oxygen atoms in total. The third-order valence-corrected chi connectivity index (χ3v) is 3.93. The van der Waals surface area contributed by atoms with E-state index in [9.17, 15) is 0 Å². The fraction of sp³-hybridized carbons (Fsp3) is 0.333. The van der Waals surface area contributed by atoms with Gasteiger partial charge in [0, 0.05) is 16.0 Å². The van der Waals surface area contributed by atoms with Crippen LogP contribution >= 0.6 is 34.2 Å². The summed E-state index contributed by atoms with van der Waals surface area (Å²) in [4.78, 5) is 0. The van der Waals surface area contributed by atoms with E-state index in [0.29, 0.717) is 0 Å². The average molecular weight is 349 g/mol. The van der Waals surface area contributed by atoms with E-state index in [0.717, 1.165) is 33.4 Å². The Morgan fingerprint density at radius 1 is 1.56 bits per heavy atom. The largest absolute Gasteiger partial charge is 0.271 e. The van der Waals surface area contributed by atoms with Crippen molar-refractivity contribution in [3.63, 3.8) is 0 Å². The molecular formula is C12H14ClIN2. The van der Waals surface area contributed by atoms with Gasteiger partial charge in [-0.25, -0.2) is 0 Å². The van der Waals surface area contributed by atoms with Crippen LogP contribution in [-0.2, 0) is 0 Å². The van der Waals surface area contributed by atoms with Gasteiger partial charge < -0.3 is 0 Å². The number of hydrogen-bond donors (Lipinski definition) is 2. The fourth-order valence-corrected chi connectivity index (χ4v) is 2.01. The molecule has 0 spiro atoms. The van der Waals surface area contributed by atoms with Gasteiger partial charge in [0.25, 0.3) is 0 Å². The smallest absolute Gasteiger partial charge is 0.0542 e. The van der Waals surface area contributed by atoms with Crippen LogP contribution in [0.2, 0.25) is 5.02 Å². The van der Waals surface area contributed by atoms with Gasteiger partial charge in [0.15, 0.2) is 0 Å². The van der Waals surface area contributed by atoms with Gasteiger partial charge in [-0.05, 0) is 53.1 Å². The Morgan fingerprint density at radius 3 is 2.88 bits per heavy atom. The van der Waals surface area contributed by atoms with Crippen molar-refractivity contribution in [2.45, 2.75) is 25.3 Å². The third kappa shape index (κ3) is 3.95. The van der Waals surface area contributed by atoms with Crippen LogP contribution in [0.15, 0.2) is 18.2 Å². The Kier molecular flexibility index (Phi) is 6.14. The van der Waals surface area contributed by atoms with Crippen LogP contribution in [0.3, 0.4) is 0 Å². The van der Waals surface area contributed by atoms with Gasteiger partial charge in [0.05, 0.1) is 5.02 Å². The second kappa shape index (κ2) is 7.13. The van der Waals surface area contributed by atoms with Crippen molar-refractivity contribution in [3.05, 3.63) is 32.4 Å². The van der Waals surface area contributed by atoms with Gasteiger partial charge >= 0.3 is 0 Å². The molecule has 3 N–H and O–H groups in total. The second-order valence-electron chi connectivity index (χ2n) is 3.49. The molecule has 86 valence electrons. The Morgan fingerprint density at radius 2 is 2.31 bits per heavy atom. The Hall–Kier alpha value is -0.280. The van der Waals surface area contributed by atoms with E-state index < -0.39 is 0 Å². The summed E-state index contributed by atoms with van der Waals surface area (Å²) in [5, 5.41) is 0.760. The topological polar surface area (TPSA) is 38.0 Å². The molecule has 1 aromatic rings. The van der Waals surface area contributed by atoms with E-state index in [1.165, 1.54) is 0 Å². The summed E-state index contributed by atoms with van der Waals surface area (Å²) in [6.07, 6.45) is 7.86. The lowest BCUT2D eigenvalue weighted by Crippen LogP contribution is -2.28. The van der Waals surface area contributed by atoms with Crippen molar-refractivity contribution in [3.8, 4) is 12.3 Å². The Bertz CT molecular complexity index is 387. The Labute approximate surface area is 115 Å². The molecule has 0 amide bonds. The number of terminal acetylenes is 1. The zero-order chi connectivity index (χ0) is 12.0. The van der Waals surface area contributed by atoms with Crippen molar-refractivity contribution >= 4 is 34.2 Å². The average Bonchev–Trinajstić information content (AvgIpc) is 2.29. The first-order chi connectivity index (χ1) is 7.69. The highest BCUT2D eigenvalue weighted by atomic mass is 127. The maximum atomic E-state index is 6.07. The number of unbranched alkanes of at least 4 members (excludes halogenated alkanes) is 1. The first-order valence-electron chi connectivity index (χ1n) is 5.03. The predicted molar refractivity (Wildman–Crippen MR) is 76.9 cm³/mol. The number of nitrogens with one attached hydrogen (secondary N) is 1. The molecule has 1 aromatic carbocycles. The molecular weight excluding hydrogens is 335 g/mol. The van der Waals surface area contributed by atoms with E-state index in [2.05, 4.69) is 33.9 Å². The van der Waals surface area contributed by atoms with E-state index in [-0.39, 0.29) is 6.04 Å². The Balaban J connectivity index is 2.71. The summed E-state index contributed by atoms with van der Waals surface area (Å²) in [5.74, 6) is 8.15. The van der Waals surface area contributed by atoms with Gasteiger partial charge in [0.2, 0.25) is 0 Å².